The van der Waals surface area contributed by atoms with Crippen LogP contribution in [0.2, 0.25) is 0 Å². The van der Waals surface area contributed by atoms with E-state index in [0.717, 1.165) is 24.1 Å². The first-order valence-electron chi connectivity index (χ1n) is 6.62. The van der Waals surface area contributed by atoms with Crippen LogP contribution in [-0.2, 0) is 16.0 Å². The van der Waals surface area contributed by atoms with Gasteiger partial charge in [-0.1, -0.05) is 0 Å². The lowest BCUT2D eigenvalue weighted by atomic mass is 10.0. The highest BCUT2D eigenvalue weighted by Gasteiger charge is 2.22. The smallest absolute Gasteiger partial charge is 0.261 e. The number of aryl methyl sites for hydroxylation is 1. The van der Waals surface area contributed by atoms with Gasteiger partial charge in [0.1, 0.15) is 6.61 Å². The number of carbonyl (C=O) groups is 1. The van der Waals surface area contributed by atoms with E-state index in [1.54, 1.807) is 11.0 Å². The van der Waals surface area contributed by atoms with Crippen LogP contribution in [0.3, 0.4) is 0 Å². The summed E-state index contributed by atoms with van der Waals surface area (Å²) in [6.45, 7) is 0.0367. The number of halogens is 2. The summed E-state index contributed by atoms with van der Waals surface area (Å²) in [5.74, 6) is -0.106. The molecule has 1 heterocycles. The molecule has 0 bridgehead atoms. The molecule has 1 aromatic carbocycles. The second-order valence-electron chi connectivity index (χ2n) is 4.75. The van der Waals surface area contributed by atoms with Gasteiger partial charge in [0.2, 0.25) is 5.91 Å². The fourth-order valence-corrected chi connectivity index (χ4v) is 2.34. The lowest BCUT2D eigenvalue weighted by Crippen LogP contribution is -2.36. The molecule has 1 amide bonds. The van der Waals surface area contributed by atoms with Crippen LogP contribution in [0.25, 0.3) is 0 Å². The van der Waals surface area contributed by atoms with Crippen molar-refractivity contribution in [1.29, 1.82) is 0 Å². The molecule has 20 heavy (non-hydrogen) atoms. The highest BCUT2D eigenvalue weighted by molar-refractivity contribution is 5.94. The summed E-state index contributed by atoms with van der Waals surface area (Å²) in [6, 6.07) is 5.47. The molecule has 1 aliphatic heterocycles. The lowest BCUT2D eigenvalue weighted by molar-refractivity contribution is -0.120. The number of nitrogens with zero attached hydrogens (tertiary/aromatic N) is 1. The van der Waals surface area contributed by atoms with Gasteiger partial charge >= 0.3 is 0 Å². The maximum atomic E-state index is 12.1. The number of alkyl halides is 2. The first-order chi connectivity index (χ1) is 9.58. The lowest BCUT2D eigenvalue weighted by Gasteiger charge is -2.29. The molecule has 0 fully saturated rings. The Morgan fingerprint density at radius 1 is 1.45 bits per heavy atom. The average molecular weight is 284 g/mol. The molecule has 0 spiro atoms. The van der Waals surface area contributed by atoms with Crippen LogP contribution >= 0.6 is 0 Å². The summed E-state index contributed by atoms with van der Waals surface area (Å²) < 4.78 is 28.6. The SMILES string of the molecule is Nc1ccc2c(c1)CCCN2C(=O)CCOCC(F)F. The minimum Gasteiger partial charge on any atom is -0.399 e. The largest absolute Gasteiger partial charge is 0.399 e. The van der Waals surface area contributed by atoms with E-state index in [9.17, 15) is 13.6 Å². The zero-order chi connectivity index (χ0) is 14.5. The normalized spacial score (nSPS) is 14.4. The van der Waals surface area contributed by atoms with E-state index in [-0.39, 0.29) is 18.9 Å². The van der Waals surface area contributed by atoms with Gasteiger partial charge in [0.15, 0.2) is 0 Å². The van der Waals surface area contributed by atoms with Gasteiger partial charge in [-0.05, 0) is 36.6 Å². The highest BCUT2D eigenvalue weighted by Crippen LogP contribution is 2.29. The number of nitrogens with two attached hydrogens (primary N) is 1. The summed E-state index contributed by atoms with van der Waals surface area (Å²) in [5, 5.41) is 0. The third kappa shape index (κ3) is 3.66. The van der Waals surface area contributed by atoms with Crippen LogP contribution in [0.1, 0.15) is 18.4 Å². The summed E-state index contributed by atoms with van der Waals surface area (Å²) in [7, 11) is 0. The number of rotatable bonds is 5. The van der Waals surface area contributed by atoms with Crippen molar-refractivity contribution in [3.05, 3.63) is 23.8 Å². The van der Waals surface area contributed by atoms with Crippen LogP contribution in [0.15, 0.2) is 18.2 Å². The van der Waals surface area contributed by atoms with Crippen molar-refractivity contribution in [2.45, 2.75) is 25.7 Å². The van der Waals surface area contributed by atoms with E-state index in [1.165, 1.54) is 0 Å². The number of fused-ring (bicyclic) bond motifs is 1. The summed E-state index contributed by atoms with van der Waals surface area (Å²) in [6.07, 6.45) is -0.619. The van der Waals surface area contributed by atoms with Gasteiger partial charge < -0.3 is 15.4 Å². The Hall–Kier alpha value is -1.69. The van der Waals surface area contributed by atoms with Crippen LogP contribution in [0, 0.1) is 0 Å². The zero-order valence-corrected chi connectivity index (χ0v) is 11.1. The van der Waals surface area contributed by atoms with Crippen molar-refractivity contribution < 1.29 is 18.3 Å². The van der Waals surface area contributed by atoms with E-state index in [2.05, 4.69) is 0 Å². The molecule has 2 rings (SSSR count). The maximum absolute atomic E-state index is 12.1. The number of hydrogen-bond acceptors (Lipinski definition) is 3. The number of amides is 1. The molecular weight excluding hydrogens is 266 g/mol. The van der Waals surface area contributed by atoms with Crippen molar-refractivity contribution in [3.8, 4) is 0 Å². The summed E-state index contributed by atoms with van der Waals surface area (Å²) >= 11 is 0. The predicted octanol–water partition coefficient (Wildman–Crippen LogP) is 2.22. The van der Waals surface area contributed by atoms with Gasteiger partial charge in [-0.3, -0.25) is 4.79 Å². The Balaban J connectivity index is 1.95. The molecule has 0 saturated carbocycles. The molecule has 0 aromatic heterocycles. The third-order valence-corrected chi connectivity index (χ3v) is 3.23. The number of hydrogen-bond donors (Lipinski definition) is 1. The standard InChI is InChI=1S/C14H18F2N2O2/c15-13(16)9-20-7-5-14(19)18-6-1-2-10-8-11(17)3-4-12(10)18/h3-4,8,13H,1-2,5-7,9,17H2. The number of nitrogen functional groups attached to an aromatic ring is 1. The van der Waals surface area contributed by atoms with Crippen LogP contribution in [0.4, 0.5) is 20.2 Å². The Kier molecular flexibility index (Phi) is 4.89. The molecule has 0 atom stereocenters. The first-order valence-corrected chi connectivity index (χ1v) is 6.62. The topological polar surface area (TPSA) is 55.6 Å². The second-order valence-corrected chi connectivity index (χ2v) is 4.75. The molecule has 1 aromatic rings. The minimum atomic E-state index is -2.50. The van der Waals surface area contributed by atoms with Crippen molar-refractivity contribution in [2.75, 3.05) is 30.4 Å². The second kappa shape index (κ2) is 6.65. The highest BCUT2D eigenvalue weighted by atomic mass is 19.3. The summed E-state index contributed by atoms with van der Waals surface area (Å²) in [4.78, 5) is 13.8. The molecule has 6 heteroatoms. The van der Waals surface area contributed by atoms with Gasteiger partial charge in [-0.2, -0.15) is 0 Å². The van der Waals surface area contributed by atoms with E-state index in [1.807, 2.05) is 12.1 Å². The molecule has 0 saturated heterocycles. The van der Waals surface area contributed by atoms with E-state index in [0.29, 0.717) is 12.2 Å². The van der Waals surface area contributed by atoms with Crippen LogP contribution < -0.4 is 10.6 Å². The number of carbonyl (C=O) groups excluding carboxylic acids is 1. The van der Waals surface area contributed by atoms with Gasteiger partial charge in [-0.25, -0.2) is 8.78 Å². The van der Waals surface area contributed by atoms with Crippen molar-refractivity contribution in [2.24, 2.45) is 0 Å². The molecular formula is C14H18F2N2O2. The average Bonchev–Trinajstić information content (AvgIpc) is 2.42. The Bertz CT molecular complexity index is 480. The molecule has 110 valence electrons. The molecule has 1 aliphatic rings. The fraction of sp³-hybridized carbons (Fsp3) is 0.500. The minimum absolute atomic E-state index is 0.0178. The van der Waals surface area contributed by atoms with Crippen LogP contribution in [-0.4, -0.2) is 32.1 Å². The van der Waals surface area contributed by atoms with Gasteiger partial charge in [0, 0.05) is 17.9 Å². The fourth-order valence-electron chi connectivity index (χ4n) is 2.34. The molecule has 0 radical (unpaired) electrons. The van der Waals surface area contributed by atoms with E-state index < -0.39 is 13.0 Å². The molecule has 0 aliphatic carbocycles. The van der Waals surface area contributed by atoms with Crippen molar-refractivity contribution in [3.63, 3.8) is 0 Å². The van der Waals surface area contributed by atoms with Crippen molar-refractivity contribution >= 4 is 17.3 Å². The number of ether oxygens (including phenoxy) is 1. The van der Waals surface area contributed by atoms with E-state index in [4.69, 9.17) is 10.5 Å². The predicted molar refractivity (Wildman–Crippen MR) is 73.0 cm³/mol. The zero-order valence-electron chi connectivity index (χ0n) is 11.1. The maximum Gasteiger partial charge on any atom is 0.261 e. The number of benzene rings is 1. The molecule has 4 nitrogen and oxygen atoms in total. The van der Waals surface area contributed by atoms with E-state index >= 15 is 0 Å². The monoisotopic (exact) mass is 284 g/mol. The first kappa shape index (κ1) is 14.7. The summed E-state index contributed by atoms with van der Waals surface area (Å²) in [5.41, 5.74) is 8.33. The Labute approximate surface area is 116 Å². The molecule has 2 N–H and O–H groups in total. The van der Waals surface area contributed by atoms with Gasteiger partial charge in [0.25, 0.3) is 6.43 Å². The Morgan fingerprint density at radius 3 is 3.00 bits per heavy atom. The quantitative estimate of drug-likeness (QED) is 0.666. The molecule has 0 unspecified atom stereocenters. The Morgan fingerprint density at radius 2 is 2.25 bits per heavy atom. The third-order valence-electron chi connectivity index (χ3n) is 3.23. The van der Waals surface area contributed by atoms with Crippen molar-refractivity contribution in [1.82, 2.24) is 0 Å². The van der Waals surface area contributed by atoms with Crippen LogP contribution in [0.5, 0.6) is 0 Å². The van der Waals surface area contributed by atoms with Gasteiger partial charge in [0.05, 0.1) is 13.0 Å². The number of anilines is 2. The van der Waals surface area contributed by atoms with Gasteiger partial charge in [-0.15, -0.1) is 0 Å².